The van der Waals surface area contributed by atoms with Crippen LogP contribution in [0, 0.1) is 6.92 Å². The number of aryl methyl sites for hydroxylation is 1. The first-order valence-corrected chi connectivity index (χ1v) is 8.63. The minimum Gasteiger partial charge on any atom is -0.454 e. The van der Waals surface area contributed by atoms with Gasteiger partial charge in [-0.15, -0.1) is 0 Å². The Kier molecular flexibility index (Phi) is 3.54. The Balaban J connectivity index is 1.52. The molecular formula is C19H15N5O4. The average Bonchev–Trinajstić information content (AvgIpc) is 3.31. The summed E-state index contributed by atoms with van der Waals surface area (Å²) in [5.41, 5.74) is 2.38. The average molecular weight is 377 g/mol. The fourth-order valence-electron chi connectivity index (χ4n) is 3.30. The molecule has 1 amide bonds. The van der Waals surface area contributed by atoms with Crippen molar-refractivity contribution in [1.29, 1.82) is 0 Å². The van der Waals surface area contributed by atoms with Crippen LogP contribution in [0.5, 0.6) is 11.5 Å². The molecule has 0 radical (unpaired) electrons. The third-order valence-electron chi connectivity index (χ3n) is 4.51. The number of nitrogens with zero attached hydrogens (tertiary/aromatic N) is 4. The number of aromatic nitrogens is 4. The summed E-state index contributed by atoms with van der Waals surface area (Å²) in [5.74, 6) is 0.861. The molecule has 140 valence electrons. The van der Waals surface area contributed by atoms with E-state index in [1.165, 1.54) is 9.08 Å². The van der Waals surface area contributed by atoms with E-state index in [1.807, 2.05) is 0 Å². The molecule has 1 aromatic carbocycles. The minimum atomic E-state index is -0.341. The van der Waals surface area contributed by atoms with Crippen molar-refractivity contribution in [3.63, 3.8) is 0 Å². The SMILES string of the molecule is Cc1cc2c(=O)n(CC(=O)Nc3ccc4c(c3)OCO4)c3cccnc3n2n1. The largest absolute Gasteiger partial charge is 0.454 e. The van der Waals surface area contributed by atoms with Gasteiger partial charge < -0.3 is 14.8 Å². The van der Waals surface area contributed by atoms with Crippen LogP contribution in [0.1, 0.15) is 5.69 Å². The van der Waals surface area contributed by atoms with Gasteiger partial charge in [0, 0.05) is 18.0 Å². The number of amides is 1. The third-order valence-corrected chi connectivity index (χ3v) is 4.51. The number of hydrogen-bond acceptors (Lipinski definition) is 6. The van der Waals surface area contributed by atoms with Crippen LogP contribution in [0.4, 0.5) is 5.69 Å². The van der Waals surface area contributed by atoms with Gasteiger partial charge >= 0.3 is 0 Å². The van der Waals surface area contributed by atoms with E-state index in [-0.39, 0.29) is 24.8 Å². The number of nitrogens with one attached hydrogen (secondary N) is 1. The van der Waals surface area contributed by atoms with E-state index in [0.717, 1.165) is 0 Å². The highest BCUT2D eigenvalue weighted by molar-refractivity contribution is 5.92. The zero-order chi connectivity index (χ0) is 19.3. The van der Waals surface area contributed by atoms with Gasteiger partial charge in [0.15, 0.2) is 17.1 Å². The number of carbonyl (C=O) groups is 1. The van der Waals surface area contributed by atoms with Crippen LogP contribution < -0.4 is 20.3 Å². The first-order chi connectivity index (χ1) is 13.6. The fraction of sp³-hybridized carbons (Fsp3) is 0.158. The normalized spacial score (nSPS) is 12.6. The number of ether oxygens (including phenoxy) is 2. The molecule has 1 aliphatic rings. The van der Waals surface area contributed by atoms with Crippen molar-refractivity contribution < 1.29 is 14.3 Å². The molecule has 5 rings (SSSR count). The van der Waals surface area contributed by atoms with Crippen molar-refractivity contribution in [2.24, 2.45) is 0 Å². The van der Waals surface area contributed by atoms with Crippen LogP contribution in [0.2, 0.25) is 0 Å². The molecule has 4 aromatic rings. The van der Waals surface area contributed by atoms with Crippen LogP contribution in [0.15, 0.2) is 47.4 Å². The summed E-state index contributed by atoms with van der Waals surface area (Å²) < 4.78 is 13.5. The highest BCUT2D eigenvalue weighted by atomic mass is 16.7. The zero-order valence-electron chi connectivity index (χ0n) is 14.9. The lowest BCUT2D eigenvalue weighted by Gasteiger charge is -2.11. The molecule has 1 aliphatic heterocycles. The van der Waals surface area contributed by atoms with E-state index in [0.29, 0.717) is 39.6 Å². The molecule has 0 unspecified atom stereocenters. The Morgan fingerprint density at radius 3 is 2.93 bits per heavy atom. The molecule has 0 bridgehead atoms. The summed E-state index contributed by atoms with van der Waals surface area (Å²) in [6.45, 7) is 1.81. The molecule has 9 nitrogen and oxygen atoms in total. The number of rotatable bonds is 3. The van der Waals surface area contributed by atoms with Crippen LogP contribution in [0.3, 0.4) is 0 Å². The molecule has 3 aromatic heterocycles. The summed E-state index contributed by atoms with van der Waals surface area (Å²) in [6, 6.07) is 10.3. The Bertz CT molecular complexity index is 1310. The summed E-state index contributed by atoms with van der Waals surface area (Å²) in [4.78, 5) is 29.9. The van der Waals surface area contributed by atoms with Crippen molar-refractivity contribution in [3.8, 4) is 11.5 Å². The monoisotopic (exact) mass is 377 g/mol. The summed E-state index contributed by atoms with van der Waals surface area (Å²) >= 11 is 0. The number of benzene rings is 1. The maximum Gasteiger partial charge on any atom is 0.277 e. The molecule has 28 heavy (non-hydrogen) atoms. The van der Waals surface area contributed by atoms with Gasteiger partial charge in [0.25, 0.3) is 5.56 Å². The molecule has 0 fully saturated rings. The lowest BCUT2D eigenvalue weighted by molar-refractivity contribution is -0.116. The molecule has 9 heteroatoms. The third kappa shape index (κ3) is 2.56. The second-order valence-electron chi connectivity index (χ2n) is 6.44. The van der Waals surface area contributed by atoms with Gasteiger partial charge in [-0.25, -0.2) is 9.50 Å². The van der Waals surface area contributed by atoms with E-state index < -0.39 is 0 Å². The molecular weight excluding hydrogens is 362 g/mol. The Labute approximate surface area is 158 Å². The van der Waals surface area contributed by atoms with Gasteiger partial charge in [-0.1, -0.05) is 0 Å². The van der Waals surface area contributed by atoms with Crippen molar-refractivity contribution in [2.75, 3.05) is 12.1 Å². The van der Waals surface area contributed by atoms with Crippen molar-refractivity contribution in [1.82, 2.24) is 19.2 Å². The van der Waals surface area contributed by atoms with E-state index in [9.17, 15) is 9.59 Å². The first kappa shape index (κ1) is 16.3. The Morgan fingerprint density at radius 1 is 1.18 bits per heavy atom. The minimum absolute atomic E-state index is 0.157. The summed E-state index contributed by atoms with van der Waals surface area (Å²) in [7, 11) is 0. The Hall–Kier alpha value is -3.88. The van der Waals surface area contributed by atoms with Gasteiger partial charge in [0.2, 0.25) is 12.7 Å². The van der Waals surface area contributed by atoms with Crippen LogP contribution in [0.25, 0.3) is 16.7 Å². The number of carbonyl (C=O) groups excluding carboxylic acids is 1. The standard InChI is InChI=1S/C19H15N5O4/c1-11-7-14-19(26)23(13-3-2-6-20-18(13)24(14)22-11)9-17(25)21-12-4-5-15-16(8-12)28-10-27-15/h2-8H,9-10H2,1H3,(H,21,25). The first-order valence-electron chi connectivity index (χ1n) is 8.63. The van der Waals surface area contributed by atoms with Gasteiger partial charge in [-0.2, -0.15) is 5.10 Å². The predicted molar refractivity (Wildman–Crippen MR) is 101 cm³/mol. The zero-order valence-corrected chi connectivity index (χ0v) is 14.9. The summed E-state index contributed by atoms with van der Waals surface area (Å²) in [6.07, 6.45) is 1.63. The van der Waals surface area contributed by atoms with Crippen molar-refractivity contribution >= 4 is 28.3 Å². The molecule has 1 N–H and O–H groups in total. The van der Waals surface area contributed by atoms with Crippen LogP contribution in [-0.4, -0.2) is 31.9 Å². The maximum atomic E-state index is 13.0. The molecule has 4 heterocycles. The Morgan fingerprint density at radius 2 is 2.04 bits per heavy atom. The number of hydrogen-bond donors (Lipinski definition) is 1. The topological polar surface area (TPSA) is 99.8 Å². The van der Waals surface area contributed by atoms with Crippen LogP contribution in [-0.2, 0) is 11.3 Å². The molecule has 0 saturated carbocycles. The highest BCUT2D eigenvalue weighted by Gasteiger charge is 2.17. The molecule has 0 aliphatic carbocycles. The van der Waals surface area contributed by atoms with Crippen molar-refractivity contribution in [2.45, 2.75) is 13.5 Å². The lowest BCUT2D eigenvalue weighted by atomic mass is 10.2. The van der Waals surface area contributed by atoms with E-state index >= 15 is 0 Å². The van der Waals surface area contributed by atoms with E-state index in [1.54, 1.807) is 49.5 Å². The van der Waals surface area contributed by atoms with E-state index in [2.05, 4.69) is 15.4 Å². The highest BCUT2D eigenvalue weighted by Crippen LogP contribution is 2.34. The van der Waals surface area contributed by atoms with Crippen LogP contribution >= 0.6 is 0 Å². The number of anilines is 1. The second kappa shape index (κ2) is 6.08. The summed E-state index contributed by atoms with van der Waals surface area (Å²) in [5, 5.41) is 7.13. The van der Waals surface area contributed by atoms with Gasteiger partial charge in [0.05, 0.1) is 11.2 Å². The number of fused-ring (bicyclic) bond motifs is 4. The maximum absolute atomic E-state index is 13.0. The molecule has 0 atom stereocenters. The smallest absolute Gasteiger partial charge is 0.277 e. The second-order valence-corrected chi connectivity index (χ2v) is 6.44. The number of pyridine rings is 1. The van der Waals surface area contributed by atoms with Crippen molar-refractivity contribution in [3.05, 3.63) is 58.6 Å². The fourth-order valence-corrected chi connectivity index (χ4v) is 3.30. The van der Waals surface area contributed by atoms with Gasteiger partial charge in [-0.3, -0.25) is 14.2 Å². The van der Waals surface area contributed by atoms with E-state index in [4.69, 9.17) is 9.47 Å². The van der Waals surface area contributed by atoms with Gasteiger partial charge in [-0.05, 0) is 37.3 Å². The van der Waals surface area contributed by atoms with Gasteiger partial charge in [0.1, 0.15) is 12.1 Å². The molecule has 0 saturated heterocycles. The molecule has 0 spiro atoms. The predicted octanol–water partition coefficient (Wildman–Crippen LogP) is 1.72. The quantitative estimate of drug-likeness (QED) is 0.584. The lowest BCUT2D eigenvalue weighted by Crippen LogP contribution is -2.29.